The number of anilines is 1. The summed E-state index contributed by atoms with van der Waals surface area (Å²) in [6.07, 6.45) is 8.34. The van der Waals surface area contributed by atoms with Crippen LogP contribution in [0.15, 0.2) is 23.0 Å². The minimum atomic E-state index is 0.0126. The molecule has 1 saturated carbocycles. The van der Waals surface area contributed by atoms with Gasteiger partial charge in [0.2, 0.25) is 0 Å². The van der Waals surface area contributed by atoms with Crippen molar-refractivity contribution in [2.24, 2.45) is 0 Å². The van der Waals surface area contributed by atoms with Gasteiger partial charge in [-0.15, -0.1) is 5.10 Å². The Hall–Kier alpha value is -2.24. The van der Waals surface area contributed by atoms with Gasteiger partial charge in [-0.25, -0.2) is 4.68 Å². The fourth-order valence-electron chi connectivity index (χ4n) is 4.32. The van der Waals surface area contributed by atoms with Crippen LogP contribution in [0.1, 0.15) is 82.3 Å². The Balaban J connectivity index is 1.38. The molecule has 0 aromatic carbocycles. The van der Waals surface area contributed by atoms with Gasteiger partial charge in [0.1, 0.15) is 5.82 Å². The Kier molecular flexibility index (Phi) is 5.21. The fraction of sp³-hybridized carbons (Fsp3) is 0.636. The highest BCUT2D eigenvalue weighted by Gasteiger charge is 2.25. The number of nitrogens with zero attached hydrogens (tertiary/aromatic N) is 4. The number of fused-ring (bicyclic) bond motifs is 1. The van der Waals surface area contributed by atoms with Gasteiger partial charge in [-0.1, -0.05) is 20.8 Å². The lowest BCUT2D eigenvalue weighted by molar-refractivity contribution is 0.300. The molecule has 0 unspecified atom stereocenters. The summed E-state index contributed by atoms with van der Waals surface area (Å²) in [6.45, 7) is 6.42. The van der Waals surface area contributed by atoms with Crippen LogP contribution in [0.25, 0.3) is 0 Å². The van der Waals surface area contributed by atoms with Crippen LogP contribution in [0.5, 0.6) is 0 Å². The molecule has 150 valence electrons. The number of rotatable bonds is 3. The lowest BCUT2D eigenvalue weighted by Crippen LogP contribution is -2.34. The Bertz CT molecular complexity index is 873. The van der Waals surface area contributed by atoms with Crippen LogP contribution in [0, 0.1) is 0 Å². The van der Waals surface area contributed by atoms with E-state index in [1.165, 1.54) is 18.4 Å². The first-order valence-electron chi connectivity index (χ1n) is 10.6. The van der Waals surface area contributed by atoms with Gasteiger partial charge in [-0.3, -0.25) is 4.79 Å². The van der Waals surface area contributed by atoms with E-state index in [1.54, 1.807) is 4.68 Å². The predicted octanol–water partition coefficient (Wildman–Crippen LogP) is 3.81. The maximum atomic E-state index is 12.5. The fourth-order valence-corrected chi connectivity index (χ4v) is 4.32. The largest absolute Gasteiger partial charge is 0.366 e. The molecule has 0 radical (unpaired) electrons. The van der Waals surface area contributed by atoms with Crippen molar-refractivity contribution in [3.63, 3.8) is 0 Å². The maximum Gasteiger partial charge on any atom is 0.267 e. The smallest absolute Gasteiger partial charge is 0.267 e. The van der Waals surface area contributed by atoms with E-state index >= 15 is 0 Å². The molecule has 6 nitrogen and oxygen atoms in total. The topological polar surface area (TPSA) is 72.7 Å². The lowest BCUT2D eigenvalue weighted by atomic mass is 9.90. The Labute approximate surface area is 166 Å². The zero-order valence-electron chi connectivity index (χ0n) is 17.2. The first-order chi connectivity index (χ1) is 13.4. The summed E-state index contributed by atoms with van der Waals surface area (Å²) < 4.78 is 1.76. The summed E-state index contributed by atoms with van der Waals surface area (Å²) in [6, 6.07) is 6.50. The van der Waals surface area contributed by atoms with Crippen LogP contribution in [0.4, 0.5) is 5.82 Å². The van der Waals surface area contributed by atoms with Crippen molar-refractivity contribution in [2.75, 3.05) is 5.32 Å². The highest BCUT2D eigenvalue weighted by atomic mass is 16.1. The van der Waals surface area contributed by atoms with Crippen LogP contribution in [-0.2, 0) is 18.3 Å². The number of hydrogen-bond donors (Lipinski definition) is 1. The standard InChI is InChI=1S/C22H31N5O/c1-22(2,3)19-12-13-20(25-24-19)23-16-8-10-17(11-9-16)27-21(28)14-15-6-4-5-7-18(15)26-27/h12-14,16-17H,4-11H2,1-3H3,(H,23,25). The molecule has 4 rings (SSSR count). The molecule has 0 amide bonds. The van der Waals surface area contributed by atoms with Gasteiger partial charge in [-0.2, -0.15) is 10.2 Å². The van der Waals surface area contributed by atoms with Gasteiger partial charge in [0, 0.05) is 17.5 Å². The molecule has 0 spiro atoms. The molecule has 2 aliphatic rings. The highest BCUT2D eigenvalue weighted by molar-refractivity contribution is 5.35. The second-order valence-corrected chi connectivity index (χ2v) is 9.31. The SMILES string of the molecule is CC(C)(C)c1ccc(NC2CCC(n3nc4c(cc3=O)CCCC4)CC2)nn1. The third kappa shape index (κ3) is 4.10. The molecule has 2 aliphatic carbocycles. The molecule has 0 saturated heterocycles. The van der Waals surface area contributed by atoms with E-state index in [1.807, 2.05) is 12.1 Å². The summed E-state index contributed by atoms with van der Waals surface area (Å²) in [5, 5.41) is 17.0. The molecule has 0 bridgehead atoms. The number of aromatic nitrogens is 4. The van der Waals surface area contributed by atoms with E-state index in [0.29, 0.717) is 6.04 Å². The third-order valence-corrected chi connectivity index (χ3v) is 6.06. The van der Waals surface area contributed by atoms with Gasteiger partial charge in [-0.05, 0) is 69.1 Å². The molecule has 2 aromatic heterocycles. The molecular formula is C22H31N5O. The average molecular weight is 382 g/mol. The minimum Gasteiger partial charge on any atom is -0.366 e. The molecule has 0 atom stereocenters. The van der Waals surface area contributed by atoms with E-state index in [9.17, 15) is 4.79 Å². The van der Waals surface area contributed by atoms with Crippen molar-refractivity contribution < 1.29 is 0 Å². The zero-order valence-corrected chi connectivity index (χ0v) is 17.2. The van der Waals surface area contributed by atoms with Crippen molar-refractivity contribution in [1.29, 1.82) is 0 Å². The van der Waals surface area contributed by atoms with E-state index in [-0.39, 0.29) is 17.0 Å². The second-order valence-electron chi connectivity index (χ2n) is 9.31. The first-order valence-corrected chi connectivity index (χ1v) is 10.6. The second kappa shape index (κ2) is 7.64. The summed E-state index contributed by atoms with van der Waals surface area (Å²) >= 11 is 0. The van der Waals surface area contributed by atoms with Crippen molar-refractivity contribution >= 4 is 5.82 Å². The van der Waals surface area contributed by atoms with Crippen molar-refractivity contribution in [3.8, 4) is 0 Å². The minimum absolute atomic E-state index is 0.0126. The van der Waals surface area contributed by atoms with E-state index in [4.69, 9.17) is 5.10 Å². The van der Waals surface area contributed by atoms with Gasteiger partial charge in [0.15, 0.2) is 0 Å². The van der Waals surface area contributed by atoms with Gasteiger partial charge >= 0.3 is 0 Å². The summed E-state index contributed by atoms with van der Waals surface area (Å²) in [5.74, 6) is 0.834. The Morgan fingerprint density at radius 1 is 1.04 bits per heavy atom. The number of aryl methyl sites for hydroxylation is 2. The Morgan fingerprint density at radius 2 is 1.79 bits per heavy atom. The van der Waals surface area contributed by atoms with E-state index < -0.39 is 0 Å². The quantitative estimate of drug-likeness (QED) is 0.875. The summed E-state index contributed by atoms with van der Waals surface area (Å²) in [4.78, 5) is 12.5. The monoisotopic (exact) mass is 381 g/mol. The van der Waals surface area contributed by atoms with Crippen molar-refractivity contribution in [3.05, 3.63) is 45.5 Å². The van der Waals surface area contributed by atoms with Gasteiger partial charge in [0.25, 0.3) is 5.56 Å². The van der Waals surface area contributed by atoms with Crippen molar-refractivity contribution in [1.82, 2.24) is 20.0 Å². The first kappa shape index (κ1) is 19.1. The van der Waals surface area contributed by atoms with Gasteiger partial charge in [0.05, 0.1) is 17.4 Å². The highest BCUT2D eigenvalue weighted by Crippen LogP contribution is 2.29. The molecule has 2 heterocycles. The molecule has 28 heavy (non-hydrogen) atoms. The predicted molar refractivity (Wildman–Crippen MR) is 111 cm³/mol. The summed E-state index contributed by atoms with van der Waals surface area (Å²) in [5.41, 5.74) is 3.39. The molecule has 0 aliphatic heterocycles. The Morgan fingerprint density at radius 3 is 2.46 bits per heavy atom. The third-order valence-electron chi connectivity index (χ3n) is 6.06. The molecule has 6 heteroatoms. The number of nitrogens with one attached hydrogen (secondary N) is 1. The molecule has 2 aromatic rings. The van der Waals surface area contributed by atoms with Crippen LogP contribution in [-0.4, -0.2) is 26.0 Å². The average Bonchev–Trinajstić information content (AvgIpc) is 2.68. The molecular weight excluding hydrogens is 350 g/mol. The zero-order chi connectivity index (χ0) is 19.7. The maximum absolute atomic E-state index is 12.5. The number of hydrogen-bond acceptors (Lipinski definition) is 5. The van der Waals surface area contributed by atoms with Crippen molar-refractivity contribution in [2.45, 2.75) is 89.6 Å². The van der Waals surface area contributed by atoms with Crippen LogP contribution in [0.3, 0.4) is 0 Å². The van der Waals surface area contributed by atoms with E-state index in [2.05, 4.69) is 42.4 Å². The lowest BCUT2D eigenvalue weighted by Gasteiger charge is -2.30. The van der Waals surface area contributed by atoms with Gasteiger partial charge < -0.3 is 5.32 Å². The van der Waals surface area contributed by atoms with Crippen LogP contribution in [0.2, 0.25) is 0 Å². The van der Waals surface area contributed by atoms with Crippen LogP contribution < -0.4 is 10.9 Å². The van der Waals surface area contributed by atoms with Crippen LogP contribution >= 0.6 is 0 Å². The molecule has 1 fully saturated rings. The normalized spacial score (nSPS) is 22.5. The summed E-state index contributed by atoms with van der Waals surface area (Å²) in [7, 11) is 0. The van der Waals surface area contributed by atoms with E-state index in [0.717, 1.165) is 55.7 Å². The molecule has 1 N–H and O–H groups in total.